The summed E-state index contributed by atoms with van der Waals surface area (Å²) in [6, 6.07) is 3.77. The van der Waals surface area contributed by atoms with Crippen LogP contribution in [0.25, 0.3) is 0 Å². The summed E-state index contributed by atoms with van der Waals surface area (Å²) in [5.41, 5.74) is 0. The Hall–Kier alpha value is -0.570. The summed E-state index contributed by atoms with van der Waals surface area (Å²) >= 11 is 3.34. The van der Waals surface area contributed by atoms with Gasteiger partial charge in [0.05, 0.1) is 10.6 Å². The molecule has 1 heterocycles. The Labute approximate surface area is 74.7 Å². The molecule has 0 atom stereocenters. The molecule has 60 valence electrons. The van der Waals surface area contributed by atoms with Gasteiger partial charge in [-0.15, -0.1) is 0 Å². The van der Waals surface area contributed by atoms with E-state index in [9.17, 15) is 0 Å². The Morgan fingerprint density at radius 1 is 1.55 bits per heavy atom. The molecule has 1 aromatic heterocycles. The maximum Gasteiger partial charge on any atom is 0.228 e. The van der Waals surface area contributed by atoms with Crippen molar-refractivity contribution >= 4 is 15.9 Å². The van der Waals surface area contributed by atoms with Gasteiger partial charge in [-0.1, -0.05) is 0 Å². The van der Waals surface area contributed by atoms with Gasteiger partial charge in [0, 0.05) is 6.20 Å². The molecular weight excluding hydrogens is 206 g/mol. The molecule has 2 nitrogen and oxygen atoms in total. The van der Waals surface area contributed by atoms with Crippen molar-refractivity contribution in [2.45, 2.75) is 20.0 Å². The van der Waals surface area contributed by atoms with E-state index in [2.05, 4.69) is 20.9 Å². The molecular formula is C8H10BrNO. The van der Waals surface area contributed by atoms with Gasteiger partial charge in [-0.3, -0.25) is 0 Å². The molecule has 0 aromatic carbocycles. The summed E-state index contributed by atoms with van der Waals surface area (Å²) in [4.78, 5) is 4.05. The van der Waals surface area contributed by atoms with E-state index in [0.717, 1.165) is 4.47 Å². The summed E-state index contributed by atoms with van der Waals surface area (Å²) in [5, 5.41) is 0. The fourth-order valence-electron chi connectivity index (χ4n) is 0.681. The van der Waals surface area contributed by atoms with E-state index >= 15 is 0 Å². The van der Waals surface area contributed by atoms with Gasteiger partial charge < -0.3 is 4.74 Å². The molecule has 1 aromatic rings. The monoisotopic (exact) mass is 215 g/mol. The summed E-state index contributed by atoms with van der Waals surface area (Å²) < 4.78 is 6.28. The Morgan fingerprint density at radius 2 is 2.27 bits per heavy atom. The summed E-state index contributed by atoms with van der Waals surface area (Å²) in [6.07, 6.45) is 1.88. The first-order chi connectivity index (χ1) is 5.20. The van der Waals surface area contributed by atoms with Gasteiger partial charge in [0.1, 0.15) is 0 Å². The smallest absolute Gasteiger partial charge is 0.228 e. The van der Waals surface area contributed by atoms with Crippen molar-refractivity contribution in [3.63, 3.8) is 0 Å². The van der Waals surface area contributed by atoms with E-state index < -0.39 is 0 Å². The maximum absolute atomic E-state index is 5.39. The van der Waals surface area contributed by atoms with E-state index in [1.807, 2.05) is 26.0 Å². The summed E-state index contributed by atoms with van der Waals surface area (Å²) in [5.74, 6) is 0.655. The molecule has 0 aliphatic carbocycles. The zero-order valence-corrected chi connectivity index (χ0v) is 8.13. The number of hydrogen-bond donors (Lipinski definition) is 0. The molecule has 0 spiro atoms. The lowest BCUT2D eigenvalue weighted by atomic mass is 10.4. The highest BCUT2D eigenvalue weighted by Gasteiger charge is 2.01. The Kier molecular flexibility index (Phi) is 2.88. The number of pyridine rings is 1. The highest BCUT2D eigenvalue weighted by Crippen LogP contribution is 2.21. The molecule has 0 aliphatic rings. The van der Waals surface area contributed by atoms with E-state index in [1.54, 1.807) is 6.20 Å². The average Bonchev–Trinajstić information content (AvgIpc) is 1.93. The number of hydrogen-bond acceptors (Lipinski definition) is 2. The summed E-state index contributed by atoms with van der Waals surface area (Å²) in [6.45, 7) is 3.95. The van der Waals surface area contributed by atoms with Crippen LogP contribution in [0.4, 0.5) is 0 Å². The minimum absolute atomic E-state index is 0.168. The Bertz CT molecular complexity index is 237. The maximum atomic E-state index is 5.39. The van der Waals surface area contributed by atoms with E-state index in [1.165, 1.54) is 0 Å². The van der Waals surface area contributed by atoms with Gasteiger partial charge in [-0.05, 0) is 41.9 Å². The van der Waals surface area contributed by atoms with Crippen LogP contribution in [0.3, 0.4) is 0 Å². The van der Waals surface area contributed by atoms with Crippen LogP contribution in [0.2, 0.25) is 0 Å². The predicted octanol–water partition coefficient (Wildman–Crippen LogP) is 2.63. The van der Waals surface area contributed by atoms with Gasteiger partial charge in [-0.2, -0.15) is 0 Å². The zero-order chi connectivity index (χ0) is 8.27. The molecule has 0 unspecified atom stereocenters. The van der Waals surface area contributed by atoms with Crippen molar-refractivity contribution in [2.75, 3.05) is 0 Å². The van der Waals surface area contributed by atoms with Crippen LogP contribution in [0, 0.1) is 0 Å². The lowest BCUT2D eigenvalue weighted by Gasteiger charge is -2.08. The van der Waals surface area contributed by atoms with Crippen molar-refractivity contribution in [3.05, 3.63) is 22.8 Å². The molecule has 0 fully saturated rings. The van der Waals surface area contributed by atoms with Crippen molar-refractivity contribution in [1.82, 2.24) is 4.98 Å². The van der Waals surface area contributed by atoms with E-state index in [4.69, 9.17) is 4.74 Å². The van der Waals surface area contributed by atoms with Crippen molar-refractivity contribution in [2.24, 2.45) is 0 Å². The van der Waals surface area contributed by atoms with Crippen LogP contribution in [0.5, 0.6) is 5.88 Å². The second kappa shape index (κ2) is 3.72. The minimum atomic E-state index is 0.168. The standard InChI is InChI=1S/C8H10BrNO/c1-6(2)11-8-7(9)4-3-5-10-8/h3-6H,1-2H3. The zero-order valence-electron chi connectivity index (χ0n) is 6.54. The third-order valence-electron chi connectivity index (χ3n) is 1.07. The average molecular weight is 216 g/mol. The van der Waals surface area contributed by atoms with E-state index in [-0.39, 0.29) is 6.10 Å². The number of rotatable bonds is 2. The molecule has 0 saturated heterocycles. The van der Waals surface area contributed by atoms with Crippen LogP contribution in [0.15, 0.2) is 22.8 Å². The van der Waals surface area contributed by atoms with Gasteiger partial charge in [-0.25, -0.2) is 4.98 Å². The molecule has 0 saturated carbocycles. The molecule has 11 heavy (non-hydrogen) atoms. The third kappa shape index (κ3) is 2.50. The highest BCUT2D eigenvalue weighted by atomic mass is 79.9. The molecule has 0 aliphatic heterocycles. The highest BCUT2D eigenvalue weighted by molar-refractivity contribution is 9.10. The molecule has 0 bridgehead atoms. The fourth-order valence-corrected chi connectivity index (χ4v) is 1.03. The lowest BCUT2D eigenvalue weighted by Crippen LogP contribution is -2.06. The van der Waals surface area contributed by atoms with Gasteiger partial charge in [0.2, 0.25) is 5.88 Å². The molecule has 3 heteroatoms. The number of nitrogens with zero attached hydrogens (tertiary/aromatic N) is 1. The van der Waals surface area contributed by atoms with Crippen LogP contribution < -0.4 is 4.74 Å². The van der Waals surface area contributed by atoms with Crippen LogP contribution in [0.1, 0.15) is 13.8 Å². The first kappa shape index (κ1) is 8.53. The second-order valence-corrected chi connectivity index (χ2v) is 3.31. The van der Waals surface area contributed by atoms with Crippen LogP contribution >= 0.6 is 15.9 Å². The Morgan fingerprint density at radius 3 is 2.82 bits per heavy atom. The first-order valence-corrected chi connectivity index (χ1v) is 4.26. The predicted molar refractivity (Wildman–Crippen MR) is 47.7 cm³/mol. The number of ether oxygens (including phenoxy) is 1. The quantitative estimate of drug-likeness (QED) is 0.758. The molecule has 0 radical (unpaired) electrons. The summed E-state index contributed by atoms with van der Waals surface area (Å²) in [7, 11) is 0. The Balaban J connectivity index is 2.78. The largest absolute Gasteiger partial charge is 0.474 e. The van der Waals surface area contributed by atoms with Crippen molar-refractivity contribution in [1.29, 1.82) is 0 Å². The molecule has 1 rings (SSSR count). The van der Waals surface area contributed by atoms with E-state index in [0.29, 0.717) is 5.88 Å². The van der Waals surface area contributed by atoms with Crippen molar-refractivity contribution in [3.8, 4) is 5.88 Å². The normalized spacial score (nSPS) is 10.2. The first-order valence-electron chi connectivity index (χ1n) is 3.47. The van der Waals surface area contributed by atoms with Gasteiger partial charge >= 0.3 is 0 Å². The second-order valence-electron chi connectivity index (χ2n) is 2.46. The minimum Gasteiger partial charge on any atom is -0.474 e. The van der Waals surface area contributed by atoms with Crippen molar-refractivity contribution < 1.29 is 4.74 Å². The number of halogens is 1. The fraction of sp³-hybridized carbons (Fsp3) is 0.375. The third-order valence-corrected chi connectivity index (χ3v) is 1.68. The van der Waals surface area contributed by atoms with Crippen LogP contribution in [-0.4, -0.2) is 11.1 Å². The number of aromatic nitrogens is 1. The molecule has 0 amide bonds. The molecule has 0 N–H and O–H groups in total. The van der Waals surface area contributed by atoms with Crippen LogP contribution in [-0.2, 0) is 0 Å². The van der Waals surface area contributed by atoms with Gasteiger partial charge in [0.25, 0.3) is 0 Å². The van der Waals surface area contributed by atoms with Gasteiger partial charge in [0.15, 0.2) is 0 Å². The SMILES string of the molecule is CC(C)Oc1ncccc1Br. The lowest BCUT2D eigenvalue weighted by molar-refractivity contribution is 0.231. The topological polar surface area (TPSA) is 22.1 Å².